The predicted octanol–water partition coefficient (Wildman–Crippen LogP) is 3.48. The fourth-order valence-electron chi connectivity index (χ4n) is 3.24. The molecule has 0 aliphatic carbocycles. The molecule has 8 heteroatoms. The number of amides is 2. The summed E-state index contributed by atoms with van der Waals surface area (Å²) in [6, 6.07) is 13.0. The lowest BCUT2D eigenvalue weighted by Crippen LogP contribution is -2.47. The van der Waals surface area contributed by atoms with Crippen LogP contribution in [0.3, 0.4) is 0 Å². The van der Waals surface area contributed by atoms with Crippen LogP contribution in [0.25, 0.3) is 0 Å². The lowest BCUT2D eigenvalue weighted by molar-refractivity contribution is -0.433. The van der Waals surface area contributed by atoms with Gasteiger partial charge in [-0.05, 0) is 30.2 Å². The van der Waals surface area contributed by atoms with Gasteiger partial charge < -0.3 is 14.8 Å². The maximum atomic E-state index is 12.7. The molecular formula is C20H21N3O5. The molecule has 0 saturated carbocycles. The van der Waals surface area contributed by atoms with Gasteiger partial charge in [0.15, 0.2) is 11.5 Å². The van der Waals surface area contributed by atoms with Gasteiger partial charge in [-0.2, -0.15) is 0 Å². The Bertz CT molecular complexity index is 927. The Hall–Kier alpha value is -3.55. The van der Waals surface area contributed by atoms with E-state index in [4.69, 9.17) is 9.47 Å². The Morgan fingerprint density at radius 1 is 1.11 bits per heavy atom. The Labute approximate surface area is 162 Å². The van der Waals surface area contributed by atoms with Crippen LogP contribution in [0.15, 0.2) is 59.9 Å². The third kappa shape index (κ3) is 3.62. The van der Waals surface area contributed by atoms with Crippen molar-refractivity contribution < 1.29 is 19.2 Å². The van der Waals surface area contributed by atoms with Crippen molar-refractivity contribution in [3.63, 3.8) is 0 Å². The van der Waals surface area contributed by atoms with Crippen LogP contribution in [-0.4, -0.2) is 30.1 Å². The summed E-state index contributed by atoms with van der Waals surface area (Å²) >= 11 is 0. The van der Waals surface area contributed by atoms with Crippen LogP contribution in [-0.2, 0) is 6.54 Å². The molecule has 1 heterocycles. The number of nitrogens with one attached hydrogen (secondary N) is 1. The molecule has 146 valence electrons. The third-order valence-electron chi connectivity index (χ3n) is 4.68. The molecule has 0 saturated heterocycles. The number of nitro groups is 1. The van der Waals surface area contributed by atoms with Crippen LogP contribution in [0.1, 0.15) is 24.1 Å². The minimum Gasteiger partial charge on any atom is -0.493 e. The van der Waals surface area contributed by atoms with Crippen LogP contribution < -0.4 is 14.8 Å². The average Bonchev–Trinajstić information content (AvgIpc) is 2.70. The van der Waals surface area contributed by atoms with E-state index < -0.39 is 17.0 Å². The van der Waals surface area contributed by atoms with Crippen molar-refractivity contribution in [2.75, 3.05) is 14.2 Å². The van der Waals surface area contributed by atoms with E-state index in [9.17, 15) is 14.9 Å². The number of allylic oxidation sites excluding steroid dienone is 1. The molecule has 1 aliphatic rings. The van der Waals surface area contributed by atoms with Crippen LogP contribution >= 0.6 is 0 Å². The highest BCUT2D eigenvalue weighted by Crippen LogP contribution is 2.36. The zero-order valence-electron chi connectivity index (χ0n) is 15.8. The summed E-state index contributed by atoms with van der Waals surface area (Å²) in [6.45, 7) is 1.84. The molecule has 1 atom stereocenters. The molecule has 1 aliphatic heterocycles. The monoisotopic (exact) mass is 383 g/mol. The van der Waals surface area contributed by atoms with Crippen LogP contribution in [0.2, 0.25) is 0 Å². The highest BCUT2D eigenvalue weighted by molar-refractivity contribution is 5.79. The van der Waals surface area contributed by atoms with Crippen LogP contribution in [0.4, 0.5) is 4.79 Å². The SMILES string of the molecule is COc1ccc(C2NC(=O)N(Cc3ccccc3)C(C)=C2[N+](=O)[O-])cc1OC. The third-order valence-corrected chi connectivity index (χ3v) is 4.68. The van der Waals surface area contributed by atoms with Crippen molar-refractivity contribution in [1.82, 2.24) is 10.2 Å². The van der Waals surface area contributed by atoms with E-state index in [2.05, 4.69) is 5.32 Å². The first kappa shape index (κ1) is 19.2. The number of carbonyl (C=O) groups is 1. The van der Waals surface area contributed by atoms with Crippen molar-refractivity contribution in [3.8, 4) is 11.5 Å². The zero-order valence-corrected chi connectivity index (χ0v) is 15.8. The molecule has 2 aromatic carbocycles. The Morgan fingerprint density at radius 3 is 2.39 bits per heavy atom. The molecule has 8 nitrogen and oxygen atoms in total. The van der Waals surface area contributed by atoms with Gasteiger partial charge in [0.2, 0.25) is 0 Å². The summed E-state index contributed by atoms with van der Waals surface area (Å²) in [5.74, 6) is 0.934. The van der Waals surface area contributed by atoms with Gasteiger partial charge >= 0.3 is 6.03 Å². The smallest absolute Gasteiger partial charge is 0.323 e. The van der Waals surface area contributed by atoms with E-state index in [0.717, 1.165) is 5.56 Å². The molecule has 1 unspecified atom stereocenters. The quantitative estimate of drug-likeness (QED) is 0.609. The van der Waals surface area contributed by atoms with Gasteiger partial charge in [0.25, 0.3) is 5.70 Å². The summed E-state index contributed by atoms with van der Waals surface area (Å²) in [5.41, 5.74) is 1.64. The minimum absolute atomic E-state index is 0.0808. The fourth-order valence-corrected chi connectivity index (χ4v) is 3.24. The van der Waals surface area contributed by atoms with Gasteiger partial charge in [-0.15, -0.1) is 0 Å². The van der Waals surface area contributed by atoms with E-state index >= 15 is 0 Å². The lowest BCUT2D eigenvalue weighted by Gasteiger charge is -2.32. The number of ether oxygens (including phenoxy) is 2. The molecule has 1 N–H and O–H groups in total. The van der Waals surface area contributed by atoms with Crippen molar-refractivity contribution in [3.05, 3.63) is 81.2 Å². The summed E-state index contributed by atoms with van der Waals surface area (Å²) in [4.78, 5) is 25.5. The first-order chi connectivity index (χ1) is 13.5. The van der Waals surface area contributed by atoms with E-state index in [0.29, 0.717) is 22.8 Å². The molecule has 0 spiro atoms. The van der Waals surface area contributed by atoms with Gasteiger partial charge in [-0.25, -0.2) is 4.79 Å². The first-order valence-corrected chi connectivity index (χ1v) is 8.65. The largest absolute Gasteiger partial charge is 0.493 e. The fraction of sp³-hybridized carbons (Fsp3) is 0.250. The number of hydrogen-bond donors (Lipinski definition) is 1. The summed E-state index contributed by atoms with van der Waals surface area (Å²) in [5, 5.41) is 14.6. The molecule has 2 aromatic rings. The second-order valence-corrected chi connectivity index (χ2v) is 6.30. The number of rotatable bonds is 6. The number of carbonyl (C=O) groups excluding carboxylic acids is 1. The maximum absolute atomic E-state index is 12.7. The average molecular weight is 383 g/mol. The van der Waals surface area contributed by atoms with Crippen molar-refractivity contribution in [1.29, 1.82) is 0 Å². The zero-order chi connectivity index (χ0) is 20.3. The van der Waals surface area contributed by atoms with Crippen molar-refractivity contribution >= 4 is 6.03 Å². The van der Waals surface area contributed by atoms with Gasteiger partial charge in [0.1, 0.15) is 6.04 Å². The van der Waals surface area contributed by atoms with E-state index in [1.54, 1.807) is 25.1 Å². The molecule has 2 amide bonds. The van der Waals surface area contributed by atoms with Crippen LogP contribution in [0, 0.1) is 10.1 Å². The topological polar surface area (TPSA) is 93.9 Å². The summed E-state index contributed by atoms with van der Waals surface area (Å²) < 4.78 is 10.5. The van der Waals surface area contributed by atoms with Crippen molar-refractivity contribution in [2.45, 2.75) is 19.5 Å². The number of benzene rings is 2. The molecular weight excluding hydrogens is 362 g/mol. The molecule has 28 heavy (non-hydrogen) atoms. The lowest BCUT2D eigenvalue weighted by atomic mass is 9.99. The molecule has 0 bridgehead atoms. The normalized spacial score (nSPS) is 16.6. The van der Waals surface area contributed by atoms with Crippen molar-refractivity contribution in [2.24, 2.45) is 0 Å². The number of nitrogens with zero attached hydrogens (tertiary/aromatic N) is 2. The standard InChI is InChI=1S/C20H21N3O5/c1-13-19(23(25)26)18(15-9-10-16(27-2)17(11-15)28-3)21-20(24)22(13)12-14-7-5-4-6-8-14/h4-11,18H,12H2,1-3H3,(H,21,24). The van der Waals surface area contributed by atoms with Gasteiger partial charge in [0, 0.05) is 0 Å². The summed E-state index contributed by atoms with van der Waals surface area (Å²) in [6.07, 6.45) is 0. The Kier molecular flexibility index (Phi) is 5.49. The predicted molar refractivity (Wildman–Crippen MR) is 102 cm³/mol. The Morgan fingerprint density at radius 2 is 1.79 bits per heavy atom. The highest BCUT2D eigenvalue weighted by Gasteiger charge is 2.39. The van der Waals surface area contributed by atoms with E-state index in [-0.39, 0.29) is 12.2 Å². The molecule has 0 fully saturated rings. The van der Waals surface area contributed by atoms with Gasteiger partial charge in [0.05, 0.1) is 31.4 Å². The Balaban J connectivity index is 2.02. The second kappa shape index (κ2) is 7.99. The number of urea groups is 1. The van der Waals surface area contributed by atoms with E-state index in [1.807, 2.05) is 30.3 Å². The maximum Gasteiger partial charge on any atom is 0.323 e. The van der Waals surface area contributed by atoms with Gasteiger partial charge in [-0.1, -0.05) is 36.4 Å². The summed E-state index contributed by atoms with van der Waals surface area (Å²) in [7, 11) is 2.99. The van der Waals surface area contributed by atoms with E-state index in [1.165, 1.54) is 19.1 Å². The highest BCUT2D eigenvalue weighted by atomic mass is 16.6. The molecule has 3 rings (SSSR count). The first-order valence-electron chi connectivity index (χ1n) is 8.65. The van der Waals surface area contributed by atoms with Crippen LogP contribution in [0.5, 0.6) is 11.5 Å². The molecule has 0 radical (unpaired) electrons. The molecule has 0 aromatic heterocycles. The number of methoxy groups -OCH3 is 2. The second-order valence-electron chi connectivity index (χ2n) is 6.30. The van der Waals surface area contributed by atoms with Gasteiger partial charge in [-0.3, -0.25) is 15.0 Å². The number of hydrogen-bond acceptors (Lipinski definition) is 5. The minimum atomic E-state index is -0.894.